The predicted molar refractivity (Wildman–Crippen MR) is 98.9 cm³/mol. The summed E-state index contributed by atoms with van der Waals surface area (Å²) in [6.07, 6.45) is 1.59. The Morgan fingerprint density at radius 3 is 2.52 bits per heavy atom. The molecule has 2 aromatic heterocycles. The van der Waals surface area contributed by atoms with E-state index in [1.54, 1.807) is 18.3 Å². The van der Waals surface area contributed by atoms with Crippen LogP contribution in [0.1, 0.15) is 10.5 Å². The van der Waals surface area contributed by atoms with Gasteiger partial charge in [-0.05, 0) is 36.4 Å². The molecule has 0 aliphatic carbocycles. The first-order valence-corrected chi connectivity index (χ1v) is 8.11. The van der Waals surface area contributed by atoms with Crippen molar-refractivity contribution < 1.29 is 14.3 Å². The molecule has 0 radical (unpaired) electrons. The molecule has 7 nitrogen and oxygen atoms in total. The second-order valence-corrected chi connectivity index (χ2v) is 6.17. The lowest BCUT2D eigenvalue weighted by Crippen LogP contribution is -2.10. The van der Waals surface area contributed by atoms with Gasteiger partial charge in [-0.15, -0.1) is 0 Å². The van der Waals surface area contributed by atoms with Crippen molar-refractivity contribution in [2.75, 3.05) is 5.73 Å². The number of hydrogen-bond donors (Lipinski definition) is 3. The van der Waals surface area contributed by atoms with Gasteiger partial charge in [0.05, 0.1) is 28.1 Å². The van der Waals surface area contributed by atoms with E-state index in [0.29, 0.717) is 27.4 Å². The quantitative estimate of drug-likeness (QED) is 0.495. The fraction of sp³-hybridized carbons (Fsp3) is 0. The maximum absolute atomic E-state index is 13.3. The zero-order valence-electron chi connectivity index (χ0n) is 13.6. The molecule has 0 amide bonds. The molecule has 2 heterocycles. The molecule has 0 aliphatic rings. The van der Waals surface area contributed by atoms with Crippen LogP contribution in [0.4, 0.5) is 10.2 Å². The summed E-state index contributed by atoms with van der Waals surface area (Å²) in [4.78, 5) is 19.9. The van der Waals surface area contributed by atoms with Gasteiger partial charge in [0.15, 0.2) is 11.5 Å². The molecule has 27 heavy (non-hydrogen) atoms. The number of nitrogen functional groups attached to an aromatic ring is 1. The molecule has 0 bridgehead atoms. The predicted octanol–water partition coefficient (Wildman–Crippen LogP) is 3.76. The summed E-state index contributed by atoms with van der Waals surface area (Å²) in [5.74, 6) is -1.95. The topological polar surface area (TPSA) is 118 Å². The molecule has 2 aromatic carbocycles. The van der Waals surface area contributed by atoms with E-state index in [4.69, 9.17) is 17.3 Å². The van der Waals surface area contributed by atoms with Crippen molar-refractivity contribution in [3.8, 4) is 22.5 Å². The van der Waals surface area contributed by atoms with Crippen molar-refractivity contribution in [1.29, 1.82) is 0 Å². The molecule has 0 aliphatic heterocycles. The summed E-state index contributed by atoms with van der Waals surface area (Å²) in [6.45, 7) is 0. The molecule has 4 rings (SSSR count). The Hall–Kier alpha value is -3.52. The lowest BCUT2D eigenvalue weighted by Gasteiger charge is -2.12. The smallest absolute Gasteiger partial charge is 0.358 e. The molecule has 9 heteroatoms. The number of anilines is 1. The standard InChI is InChI=1S/C18H11ClFN5O2/c19-12-6-9(5-10-7-22-25-13(10)12)15-14(8-1-3-11(20)4-2-8)24-17(21)16(23-15)18(26)27/h1-7H,(H2,21,24)(H,22,25)(H,26,27). The number of H-pyrrole nitrogens is 1. The van der Waals surface area contributed by atoms with Gasteiger partial charge in [0.25, 0.3) is 0 Å². The Balaban J connectivity index is 2.02. The number of nitrogens with two attached hydrogens (primary N) is 1. The van der Waals surface area contributed by atoms with Crippen LogP contribution in [-0.4, -0.2) is 31.2 Å². The van der Waals surface area contributed by atoms with Gasteiger partial charge in [0.1, 0.15) is 5.82 Å². The molecule has 0 spiro atoms. The van der Waals surface area contributed by atoms with E-state index in [9.17, 15) is 14.3 Å². The minimum atomic E-state index is -1.30. The number of rotatable bonds is 3. The first-order chi connectivity index (χ1) is 12.9. The number of halogens is 2. The second kappa shape index (κ2) is 6.33. The SMILES string of the molecule is Nc1nc(-c2ccc(F)cc2)c(-c2cc(Cl)c3[nH]ncc3c2)nc1C(=O)O. The largest absolute Gasteiger partial charge is 0.476 e. The first kappa shape index (κ1) is 16.9. The monoisotopic (exact) mass is 383 g/mol. The van der Waals surface area contributed by atoms with Crippen molar-refractivity contribution in [1.82, 2.24) is 20.2 Å². The number of fused-ring (bicyclic) bond motifs is 1. The summed E-state index contributed by atoms with van der Waals surface area (Å²) >= 11 is 6.30. The number of nitrogens with zero attached hydrogens (tertiary/aromatic N) is 3. The normalized spacial score (nSPS) is 11.0. The fourth-order valence-electron chi connectivity index (χ4n) is 2.77. The lowest BCUT2D eigenvalue weighted by atomic mass is 10.0. The van der Waals surface area contributed by atoms with Crippen LogP contribution in [0.25, 0.3) is 33.4 Å². The first-order valence-electron chi connectivity index (χ1n) is 7.74. The maximum atomic E-state index is 13.3. The molecular formula is C18H11ClFN5O2. The van der Waals surface area contributed by atoms with Crippen LogP contribution in [0.3, 0.4) is 0 Å². The zero-order valence-corrected chi connectivity index (χ0v) is 14.3. The van der Waals surface area contributed by atoms with E-state index >= 15 is 0 Å². The van der Waals surface area contributed by atoms with E-state index < -0.39 is 11.8 Å². The highest BCUT2D eigenvalue weighted by Crippen LogP contribution is 2.34. The van der Waals surface area contributed by atoms with Gasteiger partial charge in [-0.25, -0.2) is 19.2 Å². The summed E-state index contributed by atoms with van der Waals surface area (Å²) in [6, 6.07) is 8.95. The minimum absolute atomic E-state index is 0.235. The van der Waals surface area contributed by atoms with Gasteiger partial charge in [0.2, 0.25) is 0 Å². The molecule has 134 valence electrons. The van der Waals surface area contributed by atoms with Gasteiger partial charge >= 0.3 is 5.97 Å². The number of aromatic amines is 1. The number of carboxylic acid groups (broad SMARTS) is 1. The van der Waals surface area contributed by atoms with Gasteiger partial charge in [-0.1, -0.05) is 11.6 Å². The van der Waals surface area contributed by atoms with Crippen LogP contribution in [0, 0.1) is 5.82 Å². The lowest BCUT2D eigenvalue weighted by molar-refractivity contribution is 0.0691. The zero-order chi connectivity index (χ0) is 19.1. The molecule has 0 saturated carbocycles. The number of benzene rings is 2. The van der Waals surface area contributed by atoms with Gasteiger partial charge in [-0.3, -0.25) is 5.10 Å². The molecule has 0 unspecified atom stereocenters. The fourth-order valence-corrected chi connectivity index (χ4v) is 3.04. The van der Waals surface area contributed by atoms with Crippen LogP contribution >= 0.6 is 11.6 Å². The second-order valence-electron chi connectivity index (χ2n) is 5.76. The van der Waals surface area contributed by atoms with Gasteiger partial charge < -0.3 is 10.8 Å². The maximum Gasteiger partial charge on any atom is 0.358 e. The van der Waals surface area contributed by atoms with E-state index in [1.807, 2.05) is 0 Å². The molecule has 0 saturated heterocycles. The van der Waals surface area contributed by atoms with E-state index in [2.05, 4.69) is 20.2 Å². The molecule has 4 aromatic rings. The van der Waals surface area contributed by atoms with Crippen molar-refractivity contribution in [3.05, 3.63) is 59.1 Å². The van der Waals surface area contributed by atoms with Crippen LogP contribution in [-0.2, 0) is 0 Å². The Kier molecular flexibility index (Phi) is 3.97. The average Bonchev–Trinajstić information content (AvgIpc) is 3.11. The van der Waals surface area contributed by atoms with Crippen LogP contribution in [0.5, 0.6) is 0 Å². The molecule has 0 atom stereocenters. The van der Waals surface area contributed by atoms with E-state index in [-0.39, 0.29) is 17.2 Å². The van der Waals surface area contributed by atoms with E-state index in [1.165, 1.54) is 24.3 Å². The summed E-state index contributed by atoms with van der Waals surface area (Å²) < 4.78 is 13.3. The van der Waals surface area contributed by atoms with E-state index in [0.717, 1.165) is 5.39 Å². The molecule has 4 N–H and O–H groups in total. The van der Waals surface area contributed by atoms with Crippen LogP contribution in [0.15, 0.2) is 42.6 Å². The summed E-state index contributed by atoms with van der Waals surface area (Å²) in [7, 11) is 0. The third kappa shape index (κ3) is 2.96. The van der Waals surface area contributed by atoms with Crippen LogP contribution in [0.2, 0.25) is 5.02 Å². The average molecular weight is 384 g/mol. The van der Waals surface area contributed by atoms with Gasteiger partial charge in [0, 0.05) is 16.5 Å². The van der Waals surface area contributed by atoms with Crippen molar-refractivity contribution in [3.63, 3.8) is 0 Å². The number of aromatic nitrogens is 4. The number of hydrogen-bond acceptors (Lipinski definition) is 5. The highest BCUT2D eigenvalue weighted by molar-refractivity contribution is 6.35. The van der Waals surface area contributed by atoms with Crippen molar-refractivity contribution >= 4 is 34.3 Å². The van der Waals surface area contributed by atoms with Crippen molar-refractivity contribution in [2.24, 2.45) is 0 Å². The Bertz CT molecular complexity index is 1190. The number of carboxylic acids is 1. The molecular weight excluding hydrogens is 373 g/mol. The highest BCUT2D eigenvalue weighted by atomic mass is 35.5. The highest BCUT2D eigenvalue weighted by Gasteiger charge is 2.20. The van der Waals surface area contributed by atoms with Crippen LogP contribution < -0.4 is 5.73 Å². The number of carbonyl (C=O) groups is 1. The third-order valence-corrected chi connectivity index (χ3v) is 4.32. The minimum Gasteiger partial charge on any atom is -0.476 e. The third-order valence-electron chi connectivity index (χ3n) is 4.02. The van der Waals surface area contributed by atoms with Crippen molar-refractivity contribution in [2.45, 2.75) is 0 Å². The summed E-state index contributed by atoms with van der Waals surface area (Å²) in [5, 5.41) is 17.2. The summed E-state index contributed by atoms with van der Waals surface area (Å²) in [5.41, 5.74) is 7.68. The number of aromatic carboxylic acids is 1. The Labute approximate surface area is 156 Å². The Morgan fingerprint density at radius 1 is 1.11 bits per heavy atom. The molecule has 0 fully saturated rings. The van der Waals surface area contributed by atoms with Gasteiger partial charge in [-0.2, -0.15) is 5.10 Å². The Morgan fingerprint density at radius 2 is 1.81 bits per heavy atom. The number of nitrogens with one attached hydrogen (secondary N) is 1.